The summed E-state index contributed by atoms with van der Waals surface area (Å²) in [6.45, 7) is 0.932. The van der Waals surface area contributed by atoms with E-state index in [4.69, 9.17) is 0 Å². The average Bonchev–Trinajstić information content (AvgIpc) is 3.05. The van der Waals surface area contributed by atoms with Crippen LogP contribution in [0.5, 0.6) is 0 Å². The molecule has 1 aliphatic carbocycles. The molecule has 1 aromatic heterocycles. The molecule has 1 aliphatic rings. The number of nitrogens with one attached hydrogen (secondary N) is 2. The van der Waals surface area contributed by atoms with E-state index >= 15 is 0 Å². The van der Waals surface area contributed by atoms with E-state index < -0.39 is 0 Å². The molecule has 1 atom stereocenters. The van der Waals surface area contributed by atoms with E-state index in [1.54, 1.807) is 18.3 Å². The fourth-order valence-electron chi connectivity index (χ4n) is 2.79. The topological polar surface area (TPSA) is 40.7 Å². The molecule has 1 aromatic carbocycles. The Morgan fingerprint density at radius 3 is 3.21 bits per heavy atom. The van der Waals surface area contributed by atoms with Crippen molar-refractivity contribution < 1.29 is 4.39 Å². The molecule has 2 N–H and O–H groups in total. The Morgan fingerprint density at radius 2 is 2.37 bits per heavy atom. The summed E-state index contributed by atoms with van der Waals surface area (Å²) >= 11 is 0. The predicted molar refractivity (Wildman–Crippen MR) is 72.4 cm³/mol. The molecule has 0 aliphatic heterocycles. The quantitative estimate of drug-likeness (QED) is 0.811. The molecule has 0 bridgehead atoms. The number of nitrogens with zero attached hydrogens (tertiary/aromatic N) is 1. The highest BCUT2D eigenvalue weighted by molar-refractivity contribution is 5.35. The van der Waals surface area contributed by atoms with Crippen molar-refractivity contribution in [1.82, 2.24) is 15.3 Å². The minimum atomic E-state index is -0.0580. The first-order valence-corrected chi connectivity index (χ1v) is 6.83. The number of aromatic nitrogens is 2. The van der Waals surface area contributed by atoms with E-state index in [-0.39, 0.29) is 5.82 Å². The van der Waals surface area contributed by atoms with Crippen LogP contribution in [0.2, 0.25) is 0 Å². The SMILES string of the molecule is Fc1cccc2c1CCC2NCCCc1ncc[nH]1. The molecular weight excluding hydrogens is 241 g/mol. The van der Waals surface area contributed by atoms with Crippen LogP contribution < -0.4 is 5.32 Å². The number of rotatable bonds is 5. The molecule has 2 aromatic rings. The first kappa shape index (κ1) is 12.4. The van der Waals surface area contributed by atoms with Gasteiger partial charge in [-0.3, -0.25) is 0 Å². The second-order valence-electron chi connectivity index (χ2n) is 4.99. The fourth-order valence-corrected chi connectivity index (χ4v) is 2.79. The van der Waals surface area contributed by atoms with Crippen molar-refractivity contribution in [3.05, 3.63) is 53.4 Å². The van der Waals surface area contributed by atoms with Crippen molar-refractivity contribution in [3.8, 4) is 0 Å². The number of hydrogen-bond donors (Lipinski definition) is 2. The van der Waals surface area contributed by atoms with Gasteiger partial charge in [-0.05, 0) is 43.0 Å². The zero-order valence-corrected chi connectivity index (χ0v) is 10.8. The zero-order valence-electron chi connectivity index (χ0n) is 10.8. The number of aromatic amines is 1. The zero-order chi connectivity index (χ0) is 13.1. The first-order valence-electron chi connectivity index (χ1n) is 6.83. The molecule has 3 nitrogen and oxygen atoms in total. The van der Waals surface area contributed by atoms with Gasteiger partial charge in [0.2, 0.25) is 0 Å². The average molecular weight is 259 g/mol. The van der Waals surface area contributed by atoms with Gasteiger partial charge < -0.3 is 10.3 Å². The van der Waals surface area contributed by atoms with Gasteiger partial charge in [0.15, 0.2) is 0 Å². The number of imidazole rings is 1. The third-order valence-corrected chi connectivity index (χ3v) is 3.75. The van der Waals surface area contributed by atoms with Crippen molar-refractivity contribution in [3.63, 3.8) is 0 Å². The first-order chi connectivity index (χ1) is 9.34. The minimum Gasteiger partial charge on any atom is -0.349 e. The van der Waals surface area contributed by atoms with E-state index in [0.29, 0.717) is 6.04 Å². The lowest BCUT2D eigenvalue weighted by Crippen LogP contribution is -2.21. The Morgan fingerprint density at radius 1 is 1.42 bits per heavy atom. The highest BCUT2D eigenvalue weighted by Gasteiger charge is 2.23. The van der Waals surface area contributed by atoms with Crippen LogP contribution in [0.4, 0.5) is 4.39 Å². The summed E-state index contributed by atoms with van der Waals surface area (Å²) in [7, 11) is 0. The van der Waals surface area contributed by atoms with Gasteiger partial charge in [0, 0.05) is 24.9 Å². The molecule has 19 heavy (non-hydrogen) atoms. The summed E-state index contributed by atoms with van der Waals surface area (Å²) in [5, 5.41) is 3.52. The fraction of sp³-hybridized carbons (Fsp3) is 0.400. The number of benzene rings is 1. The highest BCUT2D eigenvalue weighted by atomic mass is 19.1. The predicted octanol–water partition coefficient (Wildman–Crippen LogP) is 2.76. The second kappa shape index (κ2) is 5.53. The summed E-state index contributed by atoms with van der Waals surface area (Å²) in [5.41, 5.74) is 2.03. The summed E-state index contributed by atoms with van der Waals surface area (Å²) in [4.78, 5) is 7.30. The number of halogens is 1. The Kier molecular flexibility index (Phi) is 3.60. The molecule has 1 unspecified atom stereocenters. The van der Waals surface area contributed by atoms with Crippen molar-refractivity contribution in [2.45, 2.75) is 31.7 Å². The van der Waals surface area contributed by atoms with Crippen LogP contribution in [0.1, 0.15) is 35.8 Å². The summed E-state index contributed by atoms with van der Waals surface area (Å²) in [5.74, 6) is 0.969. The minimum absolute atomic E-state index is 0.0580. The van der Waals surface area contributed by atoms with E-state index in [1.807, 2.05) is 12.3 Å². The molecule has 1 heterocycles. The van der Waals surface area contributed by atoms with Crippen LogP contribution >= 0.6 is 0 Å². The van der Waals surface area contributed by atoms with Gasteiger partial charge in [-0.2, -0.15) is 0 Å². The van der Waals surface area contributed by atoms with Crippen LogP contribution in [0.25, 0.3) is 0 Å². The number of aryl methyl sites for hydroxylation is 1. The molecule has 0 spiro atoms. The molecule has 0 saturated carbocycles. The number of fused-ring (bicyclic) bond motifs is 1. The van der Waals surface area contributed by atoms with Crippen molar-refractivity contribution in [2.24, 2.45) is 0 Å². The normalized spacial score (nSPS) is 17.6. The Labute approximate surface area is 112 Å². The van der Waals surface area contributed by atoms with E-state index in [2.05, 4.69) is 15.3 Å². The van der Waals surface area contributed by atoms with Gasteiger partial charge in [-0.15, -0.1) is 0 Å². The molecule has 0 saturated heterocycles. The van der Waals surface area contributed by atoms with E-state index in [1.165, 1.54) is 0 Å². The van der Waals surface area contributed by atoms with Crippen LogP contribution in [0.15, 0.2) is 30.6 Å². The third-order valence-electron chi connectivity index (χ3n) is 3.75. The second-order valence-corrected chi connectivity index (χ2v) is 4.99. The lowest BCUT2D eigenvalue weighted by Gasteiger charge is -2.13. The summed E-state index contributed by atoms with van der Waals surface area (Å²) in [6.07, 6.45) is 7.45. The third kappa shape index (κ3) is 2.68. The standard InChI is InChI=1S/C15H18FN3/c16-13-4-1-3-12-11(13)6-7-14(12)17-8-2-5-15-18-9-10-19-15/h1,3-4,9-10,14,17H,2,5-8H2,(H,18,19). The lowest BCUT2D eigenvalue weighted by atomic mass is 10.1. The Hall–Kier alpha value is -1.68. The van der Waals surface area contributed by atoms with Gasteiger partial charge in [0.05, 0.1) is 0 Å². The maximum absolute atomic E-state index is 13.6. The van der Waals surface area contributed by atoms with Crippen LogP contribution in [0, 0.1) is 5.82 Å². The molecule has 0 amide bonds. The Balaban J connectivity index is 1.51. The maximum atomic E-state index is 13.6. The maximum Gasteiger partial charge on any atom is 0.126 e. The smallest absolute Gasteiger partial charge is 0.126 e. The molecule has 3 rings (SSSR count). The van der Waals surface area contributed by atoms with Crippen molar-refractivity contribution in [2.75, 3.05) is 6.54 Å². The van der Waals surface area contributed by atoms with Crippen LogP contribution in [-0.2, 0) is 12.8 Å². The van der Waals surface area contributed by atoms with Gasteiger partial charge in [-0.25, -0.2) is 9.37 Å². The van der Waals surface area contributed by atoms with E-state index in [9.17, 15) is 4.39 Å². The van der Waals surface area contributed by atoms with E-state index in [0.717, 1.165) is 49.2 Å². The Bertz CT molecular complexity index is 536. The van der Waals surface area contributed by atoms with Gasteiger partial charge in [0.25, 0.3) is 0 Å². The number of hydrogen-bond acceptors (Lipinski definition) is 2. The molecule has 100 valence electrons. The van der Waals surface area contributed by atoms with Crippen LogP contribution in [0.3, 0.4) is 0 Å². The van der Waals surface area contributed by atoms with Gasteiger partial charge in [-0.1, -0.05) is 12.1 Å². The molecular formula is C15H18FN3. The summed E-state index contributed by atoms with van der Waals surface area (Å²) < 4.78 is 13.6. The largest absolute Gasteiger partial charge is 0.349 e. The van der Waals surface area contributed by atoms with Crippen molar-refractivity contribution in [1.29, 1.82) is 0 Å². The van der Waals surface area contributed by atoms with Gasteiger partial charge in [0.1, 0.15) is 11.6 Å². The summed E-state index contributed by atoms with van der Waals surface area (Å²) in [6, 6.07) is 5.70. The van der Waals surface area contributed by atoms with Crippen molar-refractivity contribution >= 4 is 0 Å². The lowest BCUT2D eigenvalue weighted by molar-refractivity contribution is 0.518. The molecule has 0 radical (unpaired) electrons. The van der Waals surface area contributed by atoms with Crippen LogP contribution in [-0.4, -0.2) is 16.5 Å². The molecule has 0 fully saturated rings. The monoisotopic (exact) mass is 259 g/mol. The van der Waals surface area contributed by atoms with Gasteiger partial charge >= 0.3 is 0 Å². The number of H-pyrrole nitrogens is 1. The molecule has 4 heteroatoms. The highest BCUT2D eigenvalue weighted by Crippen LogP contribution is 2.32.